The molecule has 0 N–H and O–H groups in total. The summed E-state index contributed by atoms with van der Waals surface area (Å²) in [5, 5.41) is 0. The zero-order valence-electron chi connectivity index (χ0n) is 14.2. The molecule has 3 aromatic rings. The van der Waals surface area contributed by atoms with Crippen molar-refractivity contribution in [2.75, 3.05) is 0 Å². The zero-order valence-corrected chi connectivity index (χ0v) is 15.0. The highest BCUT2D eigenvalue weighted by molar-refractivity contribution is 8.29. The third kappa shape index (κ3) is 3.39. The highest BCUT2D eigenvalue weighted by Crippen LogP contribution is 2.69. The largest absolute Gasteiger partial charge is 0.175 e. The van der Waals surface area contributed by atoms with Crippen LogP contribution in [0.2, 0.25) is 0 Å². The van der Waals surface area contributed by atoms with Crippen molar-refractivity contribution in [2.45, 2.75) is 35.0 Å². The molecule has 0 bridgehead atoms. The molecule has 0 saturated carbocycles. The van der Waals surface area contributed by atoms with Gasteiger partial charge in [0.15, 0.2) is 0 Å². The first kappa shape index (κ1) is 16.8. The summed E-state index contributed by atoms with van der Waals surface area (Å²) in [5.41, 5.74) is 1.26. The Bertz CT molecular complexity index is 725. The van der Waals surface area contributed by atoms with Gasteiger partial charge in [-0.25, -0.2) is 0 Å². The van der Waals surface area contributed by atoms with Crippen LogP contribution in [0, 0.1) is 5.92 Å². The smallest absolute Gasteiger partial charge is 0.0263 e. The van der Waals surface area contributed by atoms with E-state index in [0.29, 0.717) is 5.92 Å². The summed E-state index contributed by atoms with van der Waals surface area (Å²) < 4.78 is 16.5. The fourth-order valence-electron chi connectivity index (χ4n) is 2.91. The van der Waals surface area contributed by atoms with Crippen LogP contribution in [-0.4, -0.2) is 0 Å². The summed E-state index contributed by atoms with van der Waals surface area (Å²) in [4.78, 5) is 2.24. The Morgan fingerprint density at radius 3 is 1.50 bits per heavy atom. The van der Waals surface area contributed by atoms with Crippen LogP contribution in [0.4, 0.5) is 3.89 Å². The number of benzene rings is 3. The summed E-state index contributed by atoms with van der Waals surface area (Å²) in [7, 11) is -2.72. The third-order valence-electron chi connectivity index (χ3n) is 4.03. The number of hydrogen-bond donors (Lipinski definition) is 0. The Morgan fingerprint density at radius 2 is 1.08 bits per heavy atom. The van der Waals surface area contributed by atoms with E-state index in [9.17, 15) is 0 Å². The molecule has 0 aliphatic carbocycles. The molecule has 0 aliphatic heterocycles. The molecule has 0 spiro atoms. The van der Waals surface area contributed by atoms with E-state index in [1.165, 1.54) is 5.56 Å². The molecule has 0 saturated heterocycles. The topological polar surface area (TPSA) is 0 Å². The lowest BCUT2D eigenvalue weighted by molar-refractivity contribution is 0.647. The molecular formula is C22H23FS. The fraction of sp³-hybridized carbons (Fsp3) is 0.182. The highest BCUT2D eigenvalue weighted by atomic mass is 32.3. The summed E-state index contributed by atoms with van der Waals surface area (Å²) in [5.74, 6) is 0.599. The maximum Gasteiger partial charge on any atom is 0.0263 e. The lowest BCUT2D eigenvalue weighted by atomic mass is 10.0. The van der Waals surface area contributed by atoms with Gasteiger partial charge in [0.1, 0.15) is 0 Å². The van der Waals surface area contributed by atoms with Crippen molar-refractivity contribution in [1.29, 1.82) is 0 Å². The molecule has 0 radical (unpaired) electrons. The second kappa shape index (κ2) is 7.23. The van der Waals surface area contributed by atoms with Gasteiger partial charge in [-0.2, -0.15) is 3.89 Å². The Hall–Kier alpha value is -2.06. The monoisotopic (exact) mass is 338 g/mol. The molecule has 0 aromatic heterocycles. The van der Waals surface area contributed by atoms with Gasteiger partial charge < -0.3 is 0 Å². The summed E-state index contributed by atoms with van der Waals surface area (Å²) in [6.07, 6.45) is 1.02. The van der Waals surface area contributed by atoms with E-state index in [4.69, 9.17) is 0 Å². The van der Waals surface area contributed by atoms with Gasteiger partial charge in [0.2, 0.25) is 0 Å². The van der Waals surface area contributed by atoms with Crippen molar-refractivity contribution in [2.24, 2.45) is 5.92 Å². The molecule has 24 heavy (non-hydrogen) atoms. The normalized spacial score (nSPS) is 12.3. The standard InChI is InChI=1S/C22H23FS/c1-18(2)17-19-13-15-22(16-14-19)24(23,20-9-5-3-6-10-20)21-11-7-4-8-12-21/h3-16,18H,17H2,1-2H3. The zero-order chi connectivity index (χ0) is 17.0. The van der Waals surface area contributed by atoms with E-state index in [-0.39, 0.29) is 0 Å². The predicted molar refractivity (Wildman–Crippen MR) is 101 cm³/mol. The van der Waals surface area contributed by atoms with E-state index in [1.54, 1.807) is 0 Å². The van der Waals surface area contributed by atoms with Gasteiger partial charge in [-0.1, -0.05) is 62.4 Å². The fourth-order valence-corrected chi connectivity index (χ4v) is 5.30. The van der Waals surface area contributed by atoms with Crippen molar-refractivity contribution < 1.29 is 3.89 Å². The van der Waals surface area contributed by atoms with Crippen LogP contribution >= 0.6 is 10.4 Å². The minimum atomic E-state index is -2.72. The van der Waals surface area contributed by atoms with E-state index in [0.717, 1.165) is 21.1 Å². The van der Waals surface area contributed by atoms with Gasteiger partial charge >= 0.3 is 0 Å². The van der Waals surface area contributed by atoms with E-state index >= 15 is 3.89 Å². The van der Waals surface area contributed by atoms with Crippen molar-refractivity contribution >= 4 is 10.4 Å². The van der Waals surface area contributed by atoms with Crippen LogP contribution in [-0.2, 0) is 6.42 Å². The van der Waals surface area contributed by atoms with Crippen molar-refractivity contribution in [3.63, 3.8) is 0 Å². The summed E-state index contributed by atoms with van der Waals surface area (Å²) in [6, 6.07) is 27.1. The van der Waals surface area contributed by atoms with E-state index in [1.807, 2.05) is 72.8 Å². The Kier molecular flexibility index (Phi) is 5.06. The highest BCUT2D eigenvalue weighted by Gasteiger charge is 2.30. The molecule has 3 rings (SSSR count). The minimum absolute atomic E-state index is 0.599. The van der Waals surface area contributed by atoms with Gasteiger partial charge in [-0.3, -0.25) is 0 Å². The molecule has 0 aliphatic rings. The molecule has 0 atom stereocenters. The maximum absolute atomic E-state index is 16.5. The first-order valence-corrected chi connectivity index (χ1v) is 9.86. The molecule has 0 fully saturated rings. The quantitative estimate of drug-likeness (QED) is 0.467. The molecule has 0 nitrogen and oxygen atoms in total. The Balaban J connectivity index is 2.09. The van der Waals surface area contributed by atoms with Gasteiger partial charge in [-0.15, -0.1) is 0 Å². The summed E-state index contributed by atoms with van der Waals surface area (Å²) >= 11 is 0. The van der Waals surface area contributed by atoms with Crippen molar-refractivity contribution in [1.82, 2.24) is 0 Å². The van der Waals surface area contributed by atoms with E-state index < -0.39 is 10.4 Å². The van der Waals surface area contributed by atoms with E-state index in [2.05, 4.69) is 26.0 Å². The third-order valence-corrected chi connectivity index (χ3v) is 6.79. The predicted octanol–water partition coefficient (Wildman–Crippen LogP) is 7.05. The number of hydrogen-bond acceptors (Lipinski definition) is 0. The van der Waals surface area contributed by atoms with Crippen LogP contribution in [0.5, 0.6) is 0 Å². The van der Waals surface area contributed by atoms with Gasteiger partial charge in [0, 0.05) is 14.7 Å². The molecule has 0 unspecified atom stereocenters. The molecule has 0 amide bonds. The lowest BCUT2D eigenvalue weighted by Gasteiger charge is -2.32. The molecule has 3 aromatic carbocycles. The maximum atomic E-state index is 16.5. The molecular weight excluding hydrogens is 315 g/mol. The SMILES string of the molecule is CC(C)Cc1ccc(S(F)(c2ccccc2)c2ccccc2)cc1. The molecule has 0 heterocycles. The summed E-state index contributed by atoms with van der Waals surface area (Å²) in [6.45, 7) is 4.40. The lowest BCUT2D eigenvalue weighted by Crippen LogP contribution is -1.99. The van der Waals surface area contributed by atoms with Crippen LogP contribution in [0.1, 0.15) is 19.4 Å². The molecule has 124 valence electrons. The van der Waals surface area contributed by atoms with Crippen molar-refractivity contribution in [3.05, 3.63) is 90.5 Å². The Labute approximate surface area is 146 Å². The average molecular weight is 338 g/mol. The molecule has 2 heteroatoms. The number of rotatable bonds is 5. The minimum Gasteiger partial charge on any atom is -0.175 e. The van der Waals surface area contributed by atoms with Gasteiger partial charge in [-0.05, 0) is 64.7 Å². The van der Waals surface area contributed by atoms with Crippen molar-refractivity contribution in [3.8, 4) is 0 Å². The second-order valence-electron chi connectivity index (χ2n) is 6.41. The number of halogens is 1. The van der Waals surface area contributed by atoms with Crippen LogP contribution in [0.3, 0.4) is 0 Å². The average Bonchev–Trinajstić information content (AvgIpc) is 2.63. The first-order chi connectivity index (χ1) is 11.6. The second-order valence-corrected chi connectivity index (χ2v) is 8.90. The van der Waals surface area contributed by atoms with Crippen LogP contribution < -0.4 is 0 Å². The Morgan fingerprint density at radius 1 is 0.667 bits per heavy atom. The van der Waals surface area contributed by atoms with Gasteiger partial charge in [0.05, 0.1) is 0 Å². The van der Waals surface area contributed by atoms with Crippen LogP contribution in [0.25, 0.3) is 0 Å². The van der Waals surface area contributed by atoms with Gasteiger partial charge in [0.25, 0.3) is 0 Å². The van der Waals surface area contributed by atoms with Crippen LogP contribution in [0.15, 0.2) is 99.6 Å². The first-order valence-electron chi connectivity index (χ1n) is 8.33.